The number of carboxylic acid groups (broad SMARTS) is 1. The SMILES string of the molecule is CCC1CN(c2cc(C(=O)O)ccc2N)CCN1C. The average molecular weight is 263 g/mol. The number of benzene rings is 1. The van der Waals surface area contributed by atoms with E-state index < -0.39 is 5.97 Å². The monoisotopic (exact) mass is 263 g/mol. The molecule has 0 aliphatic carbocycles. The third kappa shape index (κ3) is 2.81. The quantitative estimate of drug-likeness (QED) is 0.809. The zero-order chi connectivity index (χ0) is 14.0. The third-order valence-electron chi connectivity index (χ3n) is 3.87. The Morgan fingerprint density at radius 1 is 1.47 bits per heavy atom. The molecule has 1 aliphatic heterocycles. The molecule has 19 heavy (non-hydrogen) atoms. The second-order valence-electron chi connectivity index (χ2n) is 5.07. The fourth-order valence-electron chi connectivity index (χ4n) is 2.56. The Balaban J connectivity index is 2.26. The van der Waals surface area contributed by atoms with E-state index in [1.54, 1.807) is 18.2 Å². The molecule has 3 N–H and O–H groups in total. The molecule has 1 fully saturated rings. The summed E-state index contributed by atoms with van der Waals surface area (Å²) < 4.78 is 0. The maximum atomic E-state index is 11.1. The molecule has 5 heteroatoms. The van der Waals surface area contributed by atoms with Crippen molar-refractivity contribution in [2.45, 2.75) is 19.4 Å². The molecule has 1 aromatic carbocycles. The van der Waals surface area contributed by atoms with E-state index >= 15 is 0 Å². The predicted molar refractivity (Wildman–Crippen MR) is 76.7 cm³/mol. The van der Waals surface area contributed by atoms with Crippen molar-refractivity contribution in [2.75, 3.05) is 37.3 Å². The van der Waals surface area contributed by atoms with Crippen LogP contribution in [0.25, 0.3) is 0 Å². The van der Waals surface area contributed by atoms with E-state index in [4.69, 9.17) is 10.8 Å². The number of piperazine rings is 1. The number of rotatable bonds is 3. The molecule has 5 nitrogen and oxygen atoms in total. The van der Waals surface area contributed by atoms with Gasteiger partial charge in [-0.25, -0.2) is 4.79 Å². The second kappa shape index (κ2) is 5.48. The van der Waals surface area contributed by atoms with E-state index in [1.807, 2.05) is 0 Å². The van der Waals surface area contributed by atoms with Gasteiger partial charge >= 0.3 is 5.97 Å². The first-order chi connectivity index (χ1) is 9.02. The second-order valence-corrected chi connectivity index (χ2v) is 5.07. The smallest absolute Gasteiger partial charge is 0.335 e. The van der Waals surface area contributed by atoms with Crippen molar-refractivity contribution in [1.82, 2.24) is 4.90 Å². The molecule has 0 aromatic heterocycles. The number of nitrogens with zero attached hydrogens (tertiary/aromatic N) is 2. The van der Waals surface area contributed by atoms with Gasteiger partial charge < -0.3 is 15.7 Å². The number of anilines is 2. The van der Waals surface area contributed by atoms with Crippen LogP contribution < -0.4 is 10.6 Å². The topological polar surface area (TPSA) is 69.8 Å². The molecule has 1 aromatic rings. The molecule has 1 atom stereocenters. The lowest BCUT2D eigenvalue weighted by atomic mass is 10.1. The molecule has 0 radical (unpaired) electrons. The lowest BCUT2D eigenvalue weighted by Crippen LogP contribution is -2.51. The van der Waals surface area contributed by atoms with Crippen molar-refractivity contribution in [2.24, 2.45) is 0 Å². The van der Waals surface area contributed by atoms with Crippen molar-refractivity contribution in [3.8, 4) is 0 Å². The summed E-state index contributed by atoms with van der Waals surface area (Å²) >= 11 is 0. The first kappa shape index (κ1) is 13.7. The van der Waals surface area contributed by atoms with Gasteiger partial charge in [0.25, 0.3) is 0 Å². The van der Waals surface area contributed by atoms with Crippen LogP contribution in [0.15, 0.2) is 18.2 Å². The van der Waals surface area contributed by atoms with E-state index in [0.29, 0.717) is 11.7 Å². The van der Waals surface area contributed by atoms with Gasteiger partial charge in [-0.1, -0.05) is 6.92 Å². The highest BCUT2D eigenvalue weighted by atomic mass is 16.4. The molecule has 2 rings (SSSR count). The Labute approximate surface area is 113 Å². The van der Waals surface area contributed by atoms with Crippen LogP contribution in [0.3, 0.4) is 0 Å². The maximum absolute atomic E-state index is 11.1. The van der Waals surface area contributed by atoms with E-state index in [2.05, 4.69) is 23.8 Å². The molecule has 0 amide bonds. The number of likely N-dealkylation sites (N-methyl/N-ethyl adjacent to an activating group) is 1. The Morgan fingerprint density at radius 2 is 2.21 bits per heavy atom. The van der Waals surface area contributed by atoms with E-state index in [9.17, 15) is 4.79 Å². The van der Waals surface area contributed by atoms with Gasteiger partial charge in [-0.05, 0) is 31.7 Å². The van der Waals surface area contributed by atoms with Gasteiger partial charge in [-0.3, -0.25) is 4.90 Å². The number of nitrogen functional groups attached to an aromatic ring is 1. The number of hydrogen-bond acceptors (Lipinski definition) is 4. The Hall–Kier alpha value is -1.75. The molecule has 0 bridgehead atoms. The average Bonchev–Trinajstić information content (AvgIpc) is 2.40. The molecule has 1 saturated heterocycles. The Bertz CT molecular complexity index is 476. The van der Waals surface area contributed by atoms with Crippen molar-refractivity contribution < 1.29 is 9.90 Å². The summed E-state index contributed by atoms with van der Waals surface area (Å²) in [4.78, 5) is 15.6. The predicted octanol–water partition coefficient (Wildman–Crippen LogP) is 1.50. The first-order valence-electron chi connectivity index (χ1n) is 6.61. The Morgan fingerprint density at radius 3 is 2.84 bits per heavy atom. The lowest BCUT2D eigenvalue weighted by Gasteiger charge is -2.40. The van der Waals surface area contributed by atoms with Crippen molar-refractivity contribution in [3.05, 3.63) is 23.8 Å². The van der Waals surface area contributed by atoms with E-state index in [1.165, 1.54) is 0 Å². The fraction of sp³-hybridized carbons (Fsp3) is 0.500. The summed E-state index contributed by atoms with van der Waals surface area (Å²) in [5.74, 6) is -0.914. The highest BCUT2D eigenvalue weighted by Crippen LogP contribution is 2.27. The van der Waals surface area contributed by atoms with Crippen molar-refractivity contribution in [3.63, 3.8) is 0 Å². The number of hydrogen-bond donors (Lipinski definition) is 2. The van der Waals surface area contributed by atoms with Crippen LogP contribution in [0.4, 0.5) is 11.4 Å². The van der Waals surface area contributed by atoms with Gasteiger partial charge in [-0.2, -0.15) is 0 Å². The molecule has 0 spiro atoms. The number of aromatic carboxylic acids is 1. The van der Waals surface area contributed by atoms with Crippen LogP contribution in [0.2, 0.25) is 0 Å². The van der Waals surface area contributed by atoms with Crippen LogP contribution in [-0.4, -0.2) is 48.7 Å². The summed E-state index contributed by atoms with van der Waals surface area (Å²) in [5.41, 5.74) is 7.76. The molecule has 1 unspecified atom stereocenters. The molecule has 1 heterocycles. The molecule has 1 aliphatic rings. The molecular formula is C14H21N3O2. The van der Waals surface area contributed by atoms with Gasteiger partial charge in [0.15, 0.2) is 0 Å². The standard InChI is InChI=1S/C14H21N3O2/c1-3-11-9-17(7-6-16(11)2)13-8-10(14(18)19)4-5-12(13)15/h4-5,8,11H,3,6-7,9,15H2,1-2H3,(H,18,19). The van der Waals surface area contributed by atoms with Crippen LogP contribution in [0.1, 0.15) is 23.7 Å². The minimum Gasteiger partial charge on any atom is -0.478 e. The summed E-state index contributed by atoms with van der Waals surface area (Å²) in [6.45, 7) is 4.90. The van der Waals surface area contributed by atoms with E-state index in [-0.39, 0.29) is 5.56 Å². The highest BCUT2D eigenvalue weighted by molar-refractivity contribution is 5.90. The van der Waals surface area contributed by atoms with Crippen LogP contribution in [-0.2, 0) is 0 Å². The van der Waals surface area contributed by atoms with Crippen LogP contribution in [0.5, 0.6) is 0 Å². The van der Waals surface area contributed by atoms with Crippen molar-refractivity contribution >= 4 is 17.3 Å². The van der Waals surface area contributed by atoms with E-state index in [0.717, 1.165) is 31.7 Å². The lowest BCUT2D eigenvalue weighted by molar-refractivity contribution is 0.0697. The minimum absolute atomic E-state index is 0.288. The van der Waals surface area contributed by atoms with Gasteiger partial charge in [-0.15, -0.1) is 0 Å². The summed E-state index contributed by atoms with van der Waals surface area (Å²) in [7, 11) is 2.13. The van der Waals surface area contributed by atoms with Gasteiger partial charge in [0.1, 0.15) is 0 Å². The molecule has 104 valence electrons. The summed E-state index contributed by atoms with van der Waals surface area (Å²) in [5, 5.41) is 9.07. The number of nitrogens with two attached hydrogens (primary N) is 1. The third-order valence-corrected chi connectivity index (χ3v) is 3.87. The molecular weight excluding hydrogens is 242 g/mol. The minimum atomic E-state index is -0.914. The van der Waals surface area contributed by atoms with Crippen LogP contribution in [0, 0.1) is 0 Å². The van der Waals surface area contributed by atoms with Gasteiger partial charge in [0.05, 0.1) is 16.9 Å². The van der Waals surface area contributed by atoms with Crippen molar-refractivity contribution in [1.29, 1.82) is 0 Å². The zero-order valence-electron chi connectivity index (χ0n) is 11.5. The van der Waals surface area contributed by atoms with Gasteiger partial charge in [0, 0.05) is 25.7 Å². The summed E-state index contributed by atoms with van der Waals surface area (Å²) in [6.07, 6.45) is 1.07. The first-order valence-corrected chi connectivity index (χ1v) is 6.61. The van der Waals surface area contributed by atoms with Gasteiger partial charge in [0.2, 0.25) is 0 Å². The van der Waals surface area contributed by atoms with Crippen LogP contribution >= 0.6 is 0 Å². The number of carboxylic acids is 1. The Kier molecular flexibility index (Phi) is 3.95. The largest absolute Gasteiger partial charge is 0.478 e. The maximum Gasteiger partial charge on any atom is 0.335 e. The fourth-order valence-corrected chi connectivity index (χ4v) is 2.56. The number of carbonyl (C=O) groups is 1. The normalized spacial score (nSPS) is 20.5. The summed E-state index contributed by atoms with van der Waals surface area (Å²) in [6, 6.07) is 5.39. The highest BCUT2D eigenvalue weighted by Gasteiger charge is 2.24. The molecule has 0 saturated carbocycles. The zero-order valence-corrected chi connectivity index (χ0v) is 11.5.